The van der Waals surface area contributed by atoms with Crippen molar-refractivity contribution in [1.82, 2.24) is 0 Å². The Balaban J connectivity index is 0. The van der Waals surface area contributed by atoms with E-state index in [0.717, 1.165) is 0 Å². The van der Waals surface area contributed by atoms with Crippen molar-refractivity contribution in [3.63, 3.8) is 0 Å². The molecule has 0 unspecified atom stereocenters. The first-order chi connectivity index (χ1) is 1.41. The predicted molar refractivity (Wildman–Crippen MR) is 2.91 cm³/mol. The third kappa shape index (κ3) is 14.2. The number of rotatable bonds is 0. The van der Waals surface area contributed by atoms with Crippen molar-refractivity contribution in [1.29, 1.82) is 0 Å². The maximum atomic E-state index is 8.49. The molecule has 0 aromatic carbocycles. The normalized spacial score (nSPS) is 4.25. The van der Waals surface area contributed by atoms with Gasteiger partial charge in [-0.1, -0.05) is 0 Å². The van der Waals surface area contributed by atoms with Crippen molar-refractivity contribution in [2.24, 2.45) is 0 Å². The molecule has 1 radical (unpaired) electrons. The van der Waals surface area contributed by atoms with Crippen LogP contribution >= 0.6 is 0 Å². The van der Waals surface area contributed by atoms with Gasteiger partial charge in [-0.05, 0) is 0 Å². The third-order valence-electron chi connectivity index (χ3n) is 0. The number of hydrogen-bond donors (Lipinski definition) is 1. The molecule has 0 saturated carbocycles. The average molecular weight is 152 g/mol. The van der Waals surface area contributed by atoms with Crippen LogP contribution in [0.25, 0.3) is 0 Å². The summed E-state index contributed by atoms with van der Waals surface area (Å²) in [5.41, 5.74) is 0. The topological polar surface area (TPSA) is 37.3 Å². The molecule has 0 spiro atoms. The first-order valence-corrected chi connectivity index (χ1v) is 1.25. The molecule has 0 bridgehead atoms. The number of hydrogen-bond acceptors (Lipinski definition) is 1. The zero-order valence-corrected chi connectivity index (χ0v) is 3.56. The summed E-state index contributed by atoms with van der Waals surface area (Å²) < 4.78 is 15.5. The molecule has 4 heavy (non-hydrogen) atoms. The molecule has 0 aromatic heterocycles. The molecule has 0 heterocycles. The standard InChI is InChI=1S/Cu.Fe.H2O.O/h;;1H2;/q;+1;;/p-1. The molecule has 0 rings (SSSR count). The Morgan fingerprint density at radius 1 is 1.75 bits per heavy atom. The van der Waals surface area contributed by atoms with Crippen LogP contribution in [0.15, 0.2) is 0 Å². The SMILES string of the molecule is [Cu].[O]=[Fe][OH]. The quantitative estimate of drug-likeness (QED) is 0.467. The molecule has 0 amide bonds. The summed E-state index contributed by atoms with van der Waals surface area (Å²) >= 11 is -1.00. The molecule has 0 aliphatic heterocycles. The monoisotopic (exact) mass is 152 g/mol. The Labute approximate surface area is 40.7 Å². The molecule has 0 fully saturated rings. The summed E-state index contributed by atoms with van der Waals surface area (Å²) in [7, 11) is 0. The van der Waals surface area contributed by atoms with E-state index in [9.17, 15) is 0 Å². The molecule has 4 heteroatoms. The Kier molecular flexibility index (Phi) is 20.3. The van der Waals surface area contributed by atoms with Crippen LogP contribution in [-0.4, -0.2) is 4.19 Å². The fourth-order valence-corrected chi connectivity index (χ4v) is 0. The van der Waals surface area contributed by atoms with E-state index in [1.165, 1.54) is 0 Å². The van der Waals surface area contributed by atoms with E-state index in [1.54, 1.807) is 0 Å². The van der Waals surface area contributed by atoms with Crippen LogP contribution in [0.2, 0.25) is 0 Å². The van der Waals surface area contributed by atoms with Crippen LogP contribution in [-0.2, 0) is 36.1 Å². The van der Waals surface area contributed by atoms with Gasteiger partial charge in [0.2, 0.25) is 0 Å². The van der Waals surface area contributed by atoms with E-state index in [2.05, 4.69) is 0 Å². The van der Waals surface area contributed by atoms with E-state index in [4.69, 9.17) is 8.02 Å². The Morgan fingerprint density at radius 2 is 1.75 bits per heavy atom. The minimum absolute atomic E-state index is 0. The summed E-state index contributed by atoms with van der Waals surface area (Å²) in [6.45, 7) is 0. The van der Waals surface area contributed by atoms with Crippen LogP contribution in [0.1, 0.15) is 0 Å². The first-order valence-electron chi connectivity index (χ1n) is 0.302. The van der Waals surface area contributed by atoms with Crippen LogP contribution < -0.4 is 0 Å². The van der Waals surface area contributed by atoms with Gasteiger partial charge in [0.15, 0.2) is 0 Å². The molecule has 0 aliphatic rings. The van der Waals surface area contributed by atoms with Crippen molar-refractivity contribution in [2.45, 2.75) is 0 Å². The molecule has 0 atom stereocenters. The second-order valence-corrected chi connectivity index (χ2v) is 0.266. The van der Waals surface area contributed by atoms with Crippen molar-refractivity contribution in [3.8, 4) is 0 Å². The fourth-order valence-electron chi connectivity index (χ4n) is 0. The van der Waals surface area contributed by atoms with Crippen molar-refractivity contribution in [3.05, 3.63) is 0 Å². The van der Waals surface area contributed by atoms with Gasteiger partial charge in [-0.15, -0.1) is 0 Å². The molecular formula is HCuFeO2. The van der Waals surface area contributed by atoms with Gasteiger partial charge in [0.25, 0.3) is 0 Å². The Morgan fingerprint density at radius 3 is 1.75 bits per heavy atom. The van der Waals surface area contributed by atoms with Gasteiger partial charge in [0.05, 0.1) is 0 Å². The zero-order chi connectivity index (χ0) is 2.71. The summed E-state index contributed by atoms with van der Waals surface area (Å²) in [6.07, 6.45) is 0. The summed E-state index contributed by atoms with van der Waals surface area (Å²) in [6, 6.07) is 0. The van der Waals surface area contributed by atoms with E-state index in [-0.39, 0.29) is 17.1 Å². The molecule has 0 saturated heterocycles. The van der Waals surface area contributed by atoms with Crippen LogP contribution in [0.5, 0.6) is 0 Å². The molecular weight excluding hydrogens is 151 g/mol. The zero-order valence-electron chi connectivity index (χ0n) is 1.51. The average Bonchev–Trinajstić information content (AvgIpc) is 0.918. The summed E-state index contributed by atoms with van der Waals surface area (Å²) in [5.74, 6) is 0. The molecule has 0 aliphatic carbocycles. The minimum atomic E-state index is -1.00. The maximum absolute atomic E-state index is 8.49. The van der Waals surface area contributed by atoms with Crippen LogP contribution in [0.3, 0.4) is 0 Å². The fraction of sp³-hybridized carbons (Fsp3) is 0. The molecule has 2 nitrogen and oxygen atoms in total. The van der Waals surface area contributed by atoms with Gasteiger partial charge in [-0.25, -0.2) is 0 Å². The summed E-state index contributed by atoms with van der Waals surface area (Å²) in [5, 5.41) is 0. The Hall–Kier alpha value is 0.799. The van der Waals surface area contributed by atoms with Crippen LogP contribution in [0, 0.1) is 0 Å². The van der Waals surface area contributed by atoms with Gasteiger partial charge in [-0.2, -0.15) is 0 Å². The van der Waals surface area contributed by atoms with E-state index in [1.807, 2.05) is 0 Å². The van der Waals surface area contributed by atoms with Crippen molar-refractivity contribution >= 4 is 0 Å². The van der Waals surface area contributed by atoms with Crippen molar-refractivity contribution in [2.75, 3.05) is 0 Å². The van der Waals surface area contributed by atoms with E-state index >= 15 is 0 Å². The molecule has 0 aromatic rings. The van der Waals surface area contributed by atoms with Crippen LogP contribution in [0.4, 0.5) is 0 Å². The molecule has 32 valence electrons. The Bertz CT molecular complexity index is 13.5. The predicted octanol–water partition coefficient (Wildman–Crippen LogP) is -0.681. The van der Waals surface area contributed by atoms with E-state index < -0.39 is 15.2 Å². The van der Waals surface area contributed by atoms with Gasteiger partial charge in [0, 0.05) is 17.1 Å². The second-order valence-electron chi connectivity index (χ2n) is 0.0645. The third-order valence-corrected chi connectivity index (χ3v) is 0. The van der Waals surface area contributed by atoms with Crippen molar-refractivity contribution < 1.29 is 40.3 Å². The van der Waals surface area contributed by atoms with Gasteiger partial charge >= 0.3 is 23.2 Å². The molecule has 1 N–H and O–H groups in total. The van der Waals surface area contributed by atoms with Gasteiger partial charge in [0.1, 0.15) is 0 Å². The first kappa shape index (κ1) is 8.84. The van der Waals surface area contributed by atoms with Gasteiger partial charge in [-0.3, -0.25) is 0 Å². The van der Waals surface area contributed by atoms with E-state index in [0.29, 0.717) is 0 Å². The second kappa shape index (κ2) is 9.20. The van der Waals surface area contributed by atoms with Gasteiger partial charge < -0.3 is 0 Å². The summed E-state index contributed by atoms with van der Waals surface area (Å²) in [4.78, 5) is 0.